The summed E-state index contributed by atoms with van der Waals surface area (Å²) in [7, 11) is 1.44. The Morgan fingerprint density at radius 3 is 2.48 bits per heavy atom. The van der Waals surface area contributed by atoms with Gasteiger partial charge >= 0.3 is 12.0 Å². The molecule has 1 rings (SSSR count). The number of para-hydroxylation sites is 1. The second kappa shape index (κ2) is 11.1. The Kier molecular flexibility index (Phi) is 9.14. The number of carbonyl (C=O) groups is 4. The quantitative estimate of drug-likeness (QED) is 0.521. The Labute approximate surface area is 161 Å². The van der Waals surface area contributed by atoms with E-state index in [2.05, 4.69) is 5.32 Å². The number of carbonyl (C=O) groups excluding carboxylic acids is 4. The number of thioether (sulfide) groups is 1. The lowest BCUT2D eigenvalue weighted by atomic mass is 10.1. The predicted octanol–water partition coefficient (Wildman–Crippen LogP) is 0.673. The van der Waals surface area contributed by atoms with E-state index < -0.39 is 36.0 Å². The molecule has 0 bridgehead atoms. The van der Waals surface area contributed by atoms with E-state index in [1.807, 2.05) is 11.6 Å². The van der Waals surface area contributed by atoms with Gasteiger partial charge in [-0.3, -0.25) is 14.9 Å². The van der Waals surface area contributed by atoms with Gasteiger partial charge in [-0.1, -0.05) is 12.1 Å². The summed E-state index contributed by atoms with van der Waals surface area (Å²) >= 11 is 1.49. The lowest BCUT2D eigenvalue weighted by Crippen LogP contribution is -2.47. The predicted molar refractivity (Wildman–Crippen MR) is 101 cm³/mol. The summed E-state index contributed by atoms with van der Waals surface area (Å²) in [6.45, 7) is 1.30. The SMILES string of the molecule is COc1ccccc1C(=O)N[C@H](CCSC)C(=O)O[C@H](C)C(=O)NC(N)=O. The molecule has 0 saturated heterocycles. The summed E-state index contributed by atoms with van der Waals surface area (Å²) in [5.74, 6) is -1.21. The highest BCUT2D eigenvalue weighted by molar-refractivity contribution is 7.98. The smallest absolute Gasteiger partial charge is 0.329 e. The van der Waals surface area contributed by atoms with E-state index in [1.54, 1.807) is 24.3 Å². The maximum atomic E-state index is 12.5. The van der Waals surface area contributed by atoms with E-state index in [0.29, 0.717) is 17.9 Å². The number of urea groups is 1. The van der Waals surface area contributed by atoms with E-state index in [-0.39, 0.29) is 5.56 Å². The first-order valence-electron chi connectivity index (χ1n) is 8.03. The number of methoxy groups -OCH3 is 1. The average molecular weight is 397 g/mol. The molecule has 0 unspecified atom stereocenters. The van der Waals surface area contributed by atoms with Crippen LogP contribution in [-0.2, 0) is 14.3 Å². The largest absolute Gasteiger partial charge is 0.496 e. The molecule has 0 aromatic heterocycles. The van der Waals surface area contributed by atoms with E-state index in [1.165, 1.54) is 25.8 Å². The second-order valence-electron chi connectivity index (χ2n) is 5.44. The first kappa shape index (κ1) is 22.3. The minimum absolute atomic E-state index is 0.265. The van der Waals surface area contributed by atoms with Crippen LogP contribution in [0.1, 0.15) is 23.7 Å². The first-order valence-corrected chi connectivity index (χ1v) is 9.43. The molecular weight excluding hydrogens is 374 g/mol. The molecule has 0 aliphatic heterocycles. The van der Waals surface area contributed by atoms with Crippen LogP contribution in [0.4, 0.5) is 4.79 Å². The fourth-order valence-electron chi connectivity index (χ4n) is 2.09. The molecule has 148 valence electrons. The van der Waals surface area contributed by atoms with Crippen molar-refractivity contribution in [1.29, 1.82) is 0 Å². The molecule has 9 nitrogen and oxygen atoms in total. The molecule has 4 amide bonds. The summed E-state index contributed by atoms with van der Waals surface area (Å²) < 4.78 is 10.2. The molecule has 0 aliphatic rings. The van der Waals surface area contributed by atoms with Gasteiger partial charge in [-0.05, 0) is 37.5 Å². The van der Waals surface area contributed by atoms with E-state index in [0.717, 1.165) is 0 Å². The van der Waals surface area contributed by atoms with E-state index >= 15 is 0 Å². The third-order valence-electron chi connectivity index (χ3n) is 3.46. The Balaban J connectivity index is 2.85. The summed E-state index contributed by atoms with van der Waals surface area (Å²) in [5, 5.41) is 4.42. The summed E-state index contributed by atoms with van der Waals surface area (Å²) in [6.07, 6.45) is 0.906. The molecule has 0 fully saturated rings. The van der Waals surface area contributed by atoms with Crippen LogP contribution in [-0.4, -0.2) is 55.1 Å². The number of esters is 1. The zero-order valence-electron chi connectivity index (χ0n) is 15.3. The number of ether oxygens (including phenoxy) is 2. The number of rotatable bonds is 9. The van der Waals surface area contributed by atoms with E-state index in [4.69, 9.17) is 15.2 Å². The van der Waals surface area contributed by atoms with Gasteiger partial charge in [0.1, 0.15) is 11.8 Å². The van der Waals surface area contributed by atoms with Gasteiger partial charge in [0, 0.05) is 0 Å². The normalized spacial score (nSPS) is 12.4. The van der Waals surface area contributed by atoms with Crippen molar-refractivity contribution in [2.45, 2.75) is 25.5 Å². The maximum Gasteiger partial charge on any atom is 0.329 e. The Morgan fingerprint density at radius 1 is 1.22 bits per heavy atom. The summed E-state index contributed by atoms with van der Waals surface area (Å²) in [5.41, 5.74) is 5.13. The van der Waals surface area contributed by atoms with Gasteiger partial charge in [0.2, 0.25) is 0 Å². The van der Waals surface area contributed by atoms with Crippen molar-refractivity contribution in [3.8, 4) is 5.75 Å². The van der Waals surface area contributed by atoms with Gasteiger partial charge < -0.3 is 20.5 Å². The number of primary amides is 1. The first-order chi connectivity index (χ1) is 12.8. The molecular formula is C17H23N3O6S. The number of nitrogens with two attached hydrogens (primary N) is 1. The lowest BCUT2D eigenvalue weighted by Gasteiger charge is -2.20. The van der Waals surface area contributed by atoms with Crippen molar-refractivity contribution >= 4 is 35.6 Å². The lowest BCUT2D eigenvalue weighted by molar-refractivity contribution is -0.156. The zero-order chi connectivity index (χ0) is 20.4. The van der Waals surface area contributed by atoms with Crippen molar-refractivity contribution in [2.24, 2.45) is 5.73 Å². The Morgan fingerprint density at radius 2 is 1.89 bits per heavy atom. The topological polar surface area (TPSA) is 137 Å². The van der Waals surface area contributed by atoms with Gasteiger partial charge in [-0.25, -0.2) is 9.59 Å². The van der Waals surface area contributed by atoms with Crippen molar-refractivity contribution in [3.05, 3.63) is 29.8 Å². The Hall–Kier alpha value is -2.75. The third kappa shape index (κ3) is 7.18. The molecule has 2 atom stereocenters. The van der Waals surface area contributed by atoms with Gasteiger partial charge in [0.05, 0.1) is 12.7 Å². The highest BCUT2D eigenvalue weighted by Gasteiger charge is 2.27. The van der Waals surface area contributed by atoms with Crippen molar-refractivity contribution in [1.82, 2.24) is 10.6 Å². The molecule has 27 heavy (non-hydrogen) atoms. The van der Waals surface area contributed by atoms with Crippen LogP contribution in [0.2, 0.25) is 0 Å². The third-order valence-corrected chi connectivity index (χ3v) is 4.10. The average Bonchev–Trinajstić information content (AvgIpc) is 2.63. The van der Waals surface area contributed by atoms with Crippen LogP contribution < -0.4 is 21.1 Å². The van der Waals surface area contributed by atoms with Crippen LogP contribution in [0, 0.1) is 0 Å². The summed E-state index contributed by atoms with van der Waals surface area (Å²) in [4.78, 5) is 47.3. The zero-order valence-corrected chi connectivity index (χ0v) is 16.1. The molecule has 0 aliphatic carbocycles. The minimum atomic E-state index is -1.25. The fourth-order valence-corrected chi connectivity index (χ4v) is 2.56. The number of nitrogens with one attached hydrogen (secondary N) is 2. The monoisotopic (exact) mass is 397 g/mol. The maximum absolute atomic E-state index is 12.5. The number of hydrogen-bond acceptors (Lipinski definition) is 7. The second-order valence-corrected chi connectivity index (χ2v) is 6.43. The standard InChI is InChI=1S/C17H23N3O6S/c1-10(14(21)20-17(18)24)26-16(23)12(8-9-27-3)19-15(22)11-6-4-5-7-13(11)25-2/h4-7,10,12H,8-9H2,1-3H3,(H,19,22)(H3,18,20,21,24)/t10-,12-/m1/s1. The fraction of sp³-hybridized carbons (Fsp3) is 0.412. The van der Waals surface area contributed by atoms with Crippen molar-refractivity contribution < 1.29 is 28.7 Å². The molecule has 0 saturated carbocycles. The molecule has 1 aromatic carbocycles. The van der Waals surface area contributed by atoms with Crippen LogP contribution in [0.3, 0.4) is 0 Å². The van der Waals surface area contributed by atoms with Gasteiger partial charge in [-0.15, -0.1) is 0 Å². The molecule has 10 heteroatoms. The molecule has 4 N–H and O–H groups in total. The van der Waals surface area contributed by atoms with Gasteiger partial charge in [0.25, 0.3) is 11.8 Å². The van der Waals surface area contributed by atoms with E-state index in [9.17, 15) is 19.2 Å². The number of amides is 4. The minimum Gasteiger partial charge on any atom is -0.496 e. The van der Waals surface area contributed by atoms with Crippen LogP contribution in [0.25, 0.3) is 0 Å². The molecule has 0 heterocycles. The van der Waals surface area contributed by atoms with Crippen LogP contribution >= 0.6 is 11.8 Å². The van der Waals surface area contributed by atoms with Gasteiger partial charge in [0.15, 0.2) is 6.10 Å². The van der Waals surface area contributed by atoms with Crippen LogP contribution in [0.5, 0.6) is 5.75 Å². The van der Waals surface area contributed by atoms with Crippen LogP contribution in [0.15, 0.2) is 24.3 Å². The highest BCUT2D eigenvalue weighted by Crippen LogP contribution is 2.17. The highest BCUT2D eigenvalue weighted by atomic mass is 32.2. The Bertz CT molecular complexity index is 697. The number of hydrogen-bond donors (Lipinski definition) is 3. The van der Waals surface area contributed by atoms with Crippen molar-refractivity contribution in [2.75, 3.05) is 19.1 Å². The molecule has 1 aromatic rings. The van der Waals surface area contributed by atoms with Crippen molar-refractivity contribution in [3.63, 3.8) is 0 Å². The number of benzene rings is 1. The molecule has 0 spiro atoms. The van der Waals surface area contributed by atoms with Gasteiger partial charge in [-0.2, -0.15) is 11.8 Å². The summed E-state index contributed by atoms with van der Waals surface area (Å²) in [6, 6.07) is 4.55. The molecule has 0 radical (unpaired) electrons. The number of imide groups is 1.